The second kappa shape index (κ2) is 4.12. The van der Waals surface area contributed by atoms with E-state index in [1.165, 1.54) is 32.1 Å². The molecule has 2 saturated carbocycles. The zero-order valence-corrected chi connectivity index (χ0v) is 8.08. The van der Waals surface area contributed by atoms with Crippen molar-refractivity contribution in [1.82, 2.24) is 0 Å². The van der Waals surface area contributed by atoms with E-state index in [0.717, 1.165) is 24.2 Å². The zero-order valence-electron chi connectivity index (χ0n) is 8.08. The van der Waals surface area contributed by atoms with Gasteiger partial charge in [0.1, 0.15) is 0 Å². The molecular weight excluding hydrogens is 164 g/mol. The number of hydrogen-bond donors (Lipinski definition) is 0. The highest BCUT2D eigenvalue weighted by Gasteiger charge is 2.38. The first kappa shape index (κ1) is 9.04. The molecule has 13 heavy (non-hydrogen) atoms. The lowest BCUT2D eigenvalue weighted by Crippen LogP contribution is -2.11. The van der Waals surface area contributed by atoms with Gasteiger partial charge in [0.2, 0.25) is 0 Å². The maximum atomic E-state index is 9.98. The average molecular weight is 182 g/mol. The lowest BCUT2D eigenvalue weighted by atomic mass is 9.90. The van der Waals surface area contributed by atoms with Crippen LogP contribution in [0.25, 0.3) is 0 Å². The van der Waals surface area contributed by atoms with Crippen LogP contribution in [0, 0.1) is 17.8 Å². The molecule has 0 heterocycles. The topological polar surface area (TPSA) is 26.3 Å². The summed E-state index contributed by atoms with van der Waals surface area (Å²) in [7, 11) is 0. The van der Waals surface area contributed by atoms with E-state index in [9.17, 15) is 4.79 Å². The van der Waals surface area contributed by atoms with Crippen molar-refractivity contribution in [1.29, 1.82) is 0 Å². The molecule has 2 fully saturated rings. The Balaban J connectivity index is 1.76. The molecule has 0 radical (unpaired) electrons. The van der Waals surface area contributed by atoms with Gasteiger partial charge in [-0.15, -0.1) is 0 Å². The van der Waals surface area contributed by atoms with Gasteiger partial charge >= 0.3 is 0 Å². The fraction of sp³-hybridized carbons (Fsp3) is 0.909. The zero-order chi connectivity index (χ0) is 9.10. The van der Waals surface area contributed by atoms with Crippen LogP contribution in [0.1, 0.15) is 38.5 Å². The quantitative estimate of drug-likeness (QED) is 0.493. The van der Waals surface area contributed by atoms with Crippen molar-refractivity contribution in [2.45, 2.75) is 38.5 Å². The van der Waals surface area contributed by atoms with E-state index in [2.05, 4.69) is 0 Å². The highest BCUT2D eigenvalue weighted by Crippen LogP contribution is 2.48. The molecule has 3 unspecified atom stereocenters. The third-order valence-electron chi connectivity index (χ3n) is 3.91. The Labute approximate surface area is 79.7 Å². The van der Waals surface area contributed by atoms with E-state index in [0.29, 0.717) is 13.1 Å². The molecule has 2 aliphatic rings. The van der Waals surface area contributed by atoms with Crippen LogP contribution in [0.3, 0.4) is 0 Å². The van der Waals surface area contributed by atoms with Crippen LogP contribution in [0.5, 0.6) is 0 Å². The number of carbonyl (C=O) groups is 1. The molecule has 2 rings (SSSR count). The van der Waals surface area contributed by atoms with E-state index in [1.54, 1.807) is 0 Å². The van der Waals surface area contributed by atoms with Crippen LogP contribution >= 0.6 is 0 Å². The van der Waals surface area contributed by atoms with Crippen molar-refractivity contribution >= 4 is 6.47 Å². The minimum Gasteiger partial charge on any atom is -0.468 e. The van der Waals surface area contributed by atoms with Crippen LogP contribution in [0.2, 0.25) is 0 Å². The molecule has 0 bridgehead atoms. The number of carbonyl (C=O) groups excluding carboxylic acids is 1. The highest BCUT2D eigenvalue weighted by molar-refractivity contribution is 5.36. The minimum atomic E-state index is 0.571. The van der Waals surface area contributed by atoms with Gasteiger partial charge in [-0.3, -0.25) is 4.79 Å². The van der Waals surface area contributed by atoms with Gasteiger partial charge in [-0.05, 0) is 43.4 Å². The molecule has 0 amide bonds. The first-order valence-electron chi connectivity index (χ1n) is 5.47. The van der Waals surface area contributed by atoms with Gasteiger partial charge in [-0.1, -0.05) is 12.8 Å². The molecule has 0 aromatic carbocycles. The molecule has 0 spiro atoms. The number of ether oxygens (including phenoxy) is 1. The van der Waals surface area contributed by atoms with Gasteiger partial charge in [0.15, 0.2) is 0 Å². The summed E-state index contributed by atoms with van der Waals surface area (Å²) in [5.41, 5.74) is 0. The van der Waals surface area contributed by atoms with Crippen molar-refractivity contribution in [2.75, 3.05) is 6.61 Å². The third kappa shape index (κ3) is 1.87. The molecular formula is C11H18O2. The molecule has 0 N–H and O–H groups in total. The Bertz CT molecular complexity index is 179. The maximum Gasteiger partial charge on any atom is 0.293 e. The Morgan fingerprint density at radius 2 is 2.15 bits per heavy atom. The predicted octanol–water partition coefficient (Wildman–Crippen LogP) is 2.38. The van der Waals surface area contributed by atoms with Crippen LogP contribution in [-0.4, -0.2) is 13.1 Å². The average Bonchev–Trinajstić information content (AvgIpc) is 2.68. The van der Waals surface area contributed by atoms with Gasteiger partial charge in [-0.25, -0.2) is 0 Å². The molecule has 3 atom stereocenters. The second-order valence-electron chi connectivity index (χ2n) is 4.45. The Kier molecular flexibility index (Phi) is 2.87. The largest absolute Gasteiger partial charge is 0.468 e. The van der Waals surface area contributed by atoms with E-state index in [-0.39, 0.29) is 0 Å². The Morgan fingerprint density at radius 3 is 3.00 bits per heavy atom. The smallest absolute Gasteiger partial charge is 0.293 e. The summed E-state index contributed by atoms with van der Waals surface area (Å²) in [6.45, 7) is 1.21. The standard InChI is InChI=1S/C11H18O2/c12-8-13-7-6-10-5-4-9-2-1-3-11(9)10/h8-11H,1-7H2. The minimum absolute atomic E-state index is 0.571. The summed E-state index contributed by atoms with van der Waals surface area (Å²) >= 11 is 0. The molecule has 0 aromatic heterocycles. The monoisotopic (exact) mass is 182 g/mol. The van der Waals surface area contributed by atoms with Crippen molar-refractivity contribution < 1.29 is 9.53 Å². The number of rotatable bonds is 4. The Morgan fingerprint density at radius 1 is 1.23 bits per heavy atom. The summed E-state index contributed by atoms with van der Waals surface area (Å²) in [5.74, 6) is 2.84. The van der Waals surface area contributed by atoms with Crippen LogP contribution in [0.4, 0.5) is 0 Å². The predicted molar refractivity (Wildman–Crippen MR) is 50.2 cm³/mol. The first-order valence-corrected chi connectivity index (χ1v) is 5.47. The summed E-state index contributed by atoms with van der Waals surface area (Å²) in [6.07, 6.45) is 8.21. The van der Waals surface area contributed by atoms with Gasteiger partial charge < -0.3 is 4.74 Å². The summed E-state index contributed by atoms with van der Waals surface area (Å²) in [6, 6.07) is 0. The lowest BCUT2D eigenvalue weighted by Gasteiger charge is -2.17. The van der Waals surface area contributed by atoms with E-state index in [4.69, 9.17) is 4.74 Å². The van der Waals surface area contributed by atoms with Crippen molar-refractivity contribution in [3.05, 3.63) is 0 Å². The van der Waals surface area contributed by atoms with Crippen LogP contribution in [0.15, 0.2) is 0 Å². The van der Waals surface area contributed by atoms with Gasteiger partial charge in [-0.2, -0.15) is 0 Å². The van der Waals surface area contributed by atoms with Gasteiger partial charge in [0.25, 0.3) is 6.47 Å². The van der Waals surface area contributed by atoms with Gasteiger partial charge in [0.05, 0.1) is 6.61 Å². The fourth-order valence-electron chi connectivity index (χ4n) is 3.31. The van der Waals surface area contributed by atoms with Gasteiger partial charge in [0, 0.05) is 0 Å². The highest BCUT2D eigenvalue weighted by atomic mass is 16.5. The molecule has 0 aromatic rings. The summed E-state index contributed by atoms with van der Waals surface area (Å²) < 4.78 is 4.76. The SMILES string of the molecule is O=COCCC1CCC2CCCC21. The first-order chi connectivity index (χ1) is 6.42. The van der Waals surface area contributed by atoms with Crippen LogP contribution in [-0.2, 0) is 9.53 Å². The van der Waals surface area contributed by atoms with E-state index >= 15 is 0 Å². The van der Waals surface area contributed by atoms with E-state index in [1.807, 2.05) is 0 Å². The fourth-order valence-corrected chi connectivity index (χ4v) is 3.31. The molecule has 2 nitrogen and oxygen atoms in total. The summed E-state index contributed by atoms with van der Waals surface area (Å²) in [5, 5.41) is 0. The lowest BCUT2D eigenvalue weighted by molar-refractivity contribution is -0.129. The molecule has 2 heteroatoms. The van der Waals surface area contributed by atoms with Crippen molar-refractivity contribution in [3.63, 3.8) is 0 Å². The third-order valence-corrected chi connectivity index (χ3v) is 3.91. The van der Waals surface area contributed by atoms with Crippen LogP contribution < -0.4 is 0 Å². The van der Waals surface area contributed by atoms with Crippen molar-refractivity contribution in [2.24, 2.45) is 17.8 Å². The number of fused-ring (bicyclic) bond motifs is 1. The molecule has 0 saturated heterocycles. The van der Waals surface area contributed by atoms with E-state index < -0.39 is 0 Å². The summed E-state index contributed by atoms with van der Waals surface area (Å²) in [4.78, 5) is 9.98. The normalized spacial score (nSPS) is 37.4. The maximum absolute atomic E-state index is 9.98. The molecule has 2 aliphatic carbocycles. The second-order valence-corrected chi connectivity index (χ2v) is 4.45. The van der Waals surface area contributed by atoms with Crippen molar-refractivity contribution in [3.8, 4) is 0 Å². The molecule has 0 aliphatic heterocycles. The molecule has 74 valence electrons. The Hall–Kier alpha value is -0.530. The number of hydrogen-bond acceptors (Lipinski definition) is 2.